The number of allylic oxidation sites excluding steroid dienone is 12. The second kappa shape index (κ2) is 73.8. The second-order valence-corrected chi connectivity index (χ2v) is 29.9. The van der Waals surface area contributed by atoms with Crippen LogP contribution in [-0.4, -0.2) is 96.7 Å². The summed E-state index contributed by atoms with van der Waals surface area (Å²) < 4.78 is 68.5. The minimum absolute atomic E-state index is 0.0890. The first-order chi connectivity index (χ1) is 48.7. The van der Waals surface area contributed by atoms with Crippen LogP contribution in [0.15, 0.2) is 72.9 Å². The van der Waals surface area contributed by atoms with Crippen LogP contribution in [0.4, 0.5) is 0 Å². The lowest BCUT2D eigenvalue weighted by Gasteiger charge is -2.21. The maximum Gasteiger partial charge on any atom is 0.472 e. The van der Waals surface area contributed by atoms with E-state index < -0.39 is 97.5 Å². The summed E-state index contributed by atoms with van der Waals surface area (Å²) in [7, 11) is -9.96. The number of carbonyl (C=O) groups excluding carboxylic acids is 4. The standard InChI is InChI=1S/C81H146O17P2/c1-5-9-13-17-21-25-29-33-36-37-40-43-46-50-54-58-62-66-79(84)92-72-77(98-81(86)68-64-60-56-52-48-44-39-35-31-27-23-19-15-11-7-3)74-96-100(89,90)94-70-75(82)69-93-99(87,88)95-73-76(97-80(85)67-63-59-55-51-47-41-32-28-24-20-16-12-8-4)71-91-78(83)65-61-57-53-49-45-42-38-34-30-26-22-18-14-10-6-2/h21-22,25-26,33-34,36,38,40,43,50,54,75-77,82H,5-20,23-24,27-32,35,37,39,41-42,44-49,51-53,55-74H2,1-4H3,(H,87,88)(H,89,90)/b25-21-,26-22-,36-33-,38-34-,43-40-,54-50-/t75-,76-,77-/m1/s1. The van der Waals surface area contributed by atoms with Gasteiger partial charge >= 0.3 is 39.5 Å². The highest BCUT2D eigenvalue weighted by molar-refractivity contribution is 7.47. The number of hydrogen-bond donors (Lipinski definition) is 3. The first-order valence-electron chi connectivity index (χ1n) is 40.2. The number of unbranched alkanes of at least 4 members (excludes halogenated alkanes) is 38. The molecule has 2 unspecified atom stereocenters. The summed E-state index contributed by atoms with van der Waals surface area (Å²) >= 11 is 0. The number of aliphatic hydroxyl groups excluding tert-OH is 1. The molecule has 0 aromatic heterocycles. The van der Waals surface area contributed by atoms with Crippen molar-refractivity contribution < 1.29 is 80.2 Å². The van der Waals surface area contributed by atoms with Gasteiger partial charge in [0, 0.05) is 25.7 Å². The van der Waals surface area contributed by atoms with Crippen LogP contribution in [0.5, 0.6) is 0 Å². The predicted octanol–water partition coefficient (Wildman–Crippen LogP) is 23.2. The molecule has 0 saturated carbocycles. The van der Waals surface area contributed by atoms with Crippen molar-refractivity contribution >= 4 is 39.5 Å². The van der Waals surface area contributed by atoms with Crippen LogP contribution < -0.4 is 0 Å². The Bertz CT molecular complexity index is 2180. The summed E-state index contributed by atoms with van der Waals surface area (Å²) in [5.74, 6) is -2.22. The highest BCUT2D eigenvalue weighted by Crippen LogP contribution is 2.45. The Morgan fingerprint density at radius 2 is 0.500 bits per heavy atom. The molecule has 0 rings (SSSR count). The van der Waals surface area contributed by atoms with Crippen molar-refractivity contribution in [2.24, 2.45) is 0 Å². The van der Waals surface area contributed by atoms with Gasteiger partial charge in [0.25, 0.3) is 0 Å². The molecule has 0 spiro atoms. The normalized spacial score (nSPS) is 14.3. The van der Waals surface area contributed by atoms with Crippen molar-refractivity contribution in [1.82, 2.24) is 0 Å². The lowest BCUT2D eigenvalue weighted by atomic mass is 10.0. The van der Waals surface area contributed by atoms with Gasteiger partial charge in [-0.05, 0) is 96.3 Å². The molecule has 0 aromatic rings. The molecule has 5 atom stereocenters. The van der Waals surface area contributed by atoms with Crippen molar-refractivity contribution in [1.29, 1.82) is 0 Å². The fourth-order valence-electron chi connectivity index (χ4n) is 11.0. The van der Waals surface area contributed by atoms with E-state index in [9.17, 15) is 43.2 Å². The quantitative estimate of drug-likeness (QED) is 0.0169. The number of esters is 4. The molecule has 582 valence electrons. The summed E-state index contributed by atoms with van der Waals surface area (Å²) in [5, 5.41) is 10.6. The van der Waals surface area contributed by atoms with Gasteiger partial charge in [-0.15, -0.1) is 0 Å². The molecule has 0 fully saturated rings. The topological polar surface area (TPSA) is 237 Å². The third kappa shape index (κ3) is 72.8. The van der Waals surface area contributed by atoms with Gasteiger partial charge in [-0.3, -0.25) is 37.3 Å². The predicted molar refractivity (Wildman–Crippen MR) is 409 cm³/mol. The minimum Gasteiger partial charge on any atom is -0.462 e. The molecule has 0 aliphatic carbocycles. The minimum atomic E-state index is -4.98. The van der Waals surface area contributed by atoms with E-state index in [1.54, 1.807) is 0 Å². The molecule has 0 heterocycles. The largest absolute Gasteiger partial charge is 0.472 e. The number of carbonyl (C=O) groups is 4. The summed E-state index contributed by atoms with van der Waals surface area (Å²) in [6.07, 6.45) is 74.5. The van der Waals surface area contributed by atoms with E-state index in [2.05, 4.69) is 88.5 Å². The van der Waals surface area contributed by atoms with Crippen LogP contribution in [0.25, 0.3) is 0 Å². The van der Waals surface area contributed by atoms with Crippen LogP contribution in [0.2, 0.25) is 0 Å². The smallest absolute Gasteiger partial charge is 0.462 e. The Morgan fingerprint density at radius 3 is 0.810 bits per heavy atom. The van der Waals surface area contributed by atoms with Gasteiger partial charge in [-0.25, -0.2) is 9.13 Å². The number of hydrogen-bond acceptors (Lipinski definition) is 15. The van der Waals surface area contributed by atoms with Crippen molar-refractivity contribution in [3.05, 3.63) is 72.9 Å². The van der Waals surface area contributed by atoms with Gasteiger partial charge in [0.1, 0.15) is 19.3 Å². The van der Waals surface area contributed by atoms with E-state index in [4.69, 9.17) is 37.0 Å². The molecule has 0 amide bonds. The molecular weight excluding hydrogens is 1310 g/mol. The fraction of sp³-hybridized carbons (Fsp3) is 0.802. The van der Waals surface area contributed by atoms with E-state index in [-0.39, 0.29) is 25.7 Å². The number of phosphoric acid groups is 2. The van der Waals surface area contributed by atoms with Crippen molar-refractivity contribution in [3.63, 3.8) is 0 Å². The highest BCUT2D eigenvalue weighted by atomic mass is 31.2. The van der Waals surface area contributed by atoms with E-state index in [1.807, 2.05) is 12.2 Å². The first kappa shape index (κ1) is 96.5. The molecular formula is C81H146O17P2. The van der Waals surface area contributed by atoms with Gasteiger partial charge < -0.3 is 33.8 Å². The zero-order valence-corrected chi connectivity index (χ0v) is 65.4. The lowest BCUT2D eigenvalue weighted by molar-refractivity contribution is -0.161. The van der Waals surface area contributed by atoms with Crippen LogP contribution in [0.3, 0.4) is 0 Å². The van der Waals surface area contributed by atoms with E-state index in [0.717, 1.165) is 122 Å². The number of aliphatic hydroxyl groups is 1. The maximum atomic E-state index is 13.1. The van der Waals surface area contributed by atoms with Crippen LogP contribution in [-0.2, 0) is 65.4 Å². The van der Waals surface area contributed by atoms with Crippen LogP contribution in [0, 0.1) is 0 Å². The molecule has 17 nitrogen and oxygen atoms in total. The summed E-state index contributed by atoms with van der Waals surface area (Å²) in [4.78, 5) is 72.9. The third-order valence-electron chi connectivity index (χ3n) is 17.2. The maximum absolute atomic E-state index is 13.1. The number of phosphoric ester groups is 2. The third-order valence-corrected chi connectivity index (χ3v) is 19.1. The zero-order valence-electron chi connectivity index (χ0n) is 63.6. The number of rotatable bonds is 76. The molecule has 3 N–H and O–H groups in total. The Balaban J connectivity index is 5.37. The molecule has 0 aromatic carbocycles. The van der Waals surface area contributed by atoms with Crippen molar-refractivity contribution in [2.75, 3.05) is 39.6 Å². The zero-order chi connectivity index (χ0) is 73.2. The average molecular weight is 1450 g/mol. The molecule has 0 bridgehead atoms. The Labute approximate surface area is 609 Å². The summed E-state index contributed by atoms with van der Waals surface area (Å²) in [6.45, 7) is 4.81. The molecule has 0 aliphatic rings. The fourth-order valence-corrected chi connectivity index (χ4v) is 12.6. The molecule has 0 radical (unpaired) electrons. The monoisotopic (exact) mass is 1450 g/mol. The van der Waals surface area contributed by atoms with Gasteiger partial charge in [0.15, 0.2) is 12.2 Å². The molecule has 100 heavy (non-hydrogen) atoms. The van der Waals surface area contributed by atoms with Crippen molar-refractivity contribution in [3.8, 4) is 0 Å². The summed E-state index contributed by atoms with van der Waals surface area (Å²) in [5.41, 5.74) is 0. The SMILES string of the molecule is CCCCC/C=C\C/C=C\C/C=C\C/C=C\CCCC(=O)OC[C@H](COP(=O)(O)OC[C@H](O)COP(=O)(O)OC[C@@H](COC(=O)CCCCCCC/C=C\C/C=C\CCCCC)OC(=O)CCCCCCCCCCCCCCC)OC(=O)CCCCCCCCCCCCCCCCC. The van der Waals surface area contributed by atoms with Gasteiger partial charge in [-0.2, -0.15) is 0 Å². The van der Waals surface area contributed by atoms with Gasteiger partial charge in [-0.1, -0.05) is 312 Å². The Kier molecular flexibility index (Phi) is 71.2. The molecule has 0 aliphatic heterocycles. The van der Waals surface area contributed by atoms with Gasteiger partial charge in [0.2, 0.25) is 0 Å². The van der Waals surface area contributed by atoms with E-state index in [0.29, 0.717) is 32.1 Å². The van der Waals surface area contributed by atoms with Crippen LogP contribution in [0.1, 0.15) is 362 Å². The Hall–Kier alpha value is -3.50. The van der Waals surface area contributed by atoms with Crippen LogP contribution >= 0.6 is 15.6 Å². The number of ether oxygens (including phenoxy) is 4. The molecule has 19 heteroatoms. The lowest BCUT2D eigenvalue weighted by Crippen LogP contribution is -2.30. The van der Waals surface area contributed by atoms with E-state index >= 15 is 0 Å². The Morgan fingerprint density at radius 1 is 0.280 bits per heavy atom. The van der Waals surface area contributed by atoms with E-state index in [1.165, 1.54) is 154 Å². The first-order valence-corrected chi connectivity index (χ1v) is 43.2. The second-order valence-electron chi connectivity index (χ2n) is 27.0. The van der Waals surface area contributed by atoms with Gasteiger partial charge in [0.05, 0.1) is 26.4 Å². The summed E-state index contributed by atoms with van der Waals surface area (Å²) in [6, 6.07) is 0. The highest BCUT2D eigenvalue weighted by Gasteiger charge is 2.30. The van der Waals surface area contributed by atoms with Crippen molar-refractivity contribution in [2.45, 2.75) is 380 Å². The molecule has 0 saturated heterocycles. The average Bonchev–Trinajstić information content (AvgIpc) is 1.06.